The number of hydrogen-bond donors (Lipinski definition) is 1. The fourth-order valence-electron chi connectivity index (χ4n) is 0.979. The van der Waals surface area contributed by atoms with Gasteiger partial charge in [0.2, 0.25) is 0 Å². The number of benzene rings is 1. The minimum absolute atomic E-state index is 0.193. The van der Waals surface area contributed by atoms with E-state index in [1.165, 1.54) is 19.2 Å². The molecule has 0 unspecified atom stereocenters. The lowest BCUT2D eigenvalue weighted by molar-refractivity contribution is 0.168. The zero-order chi connectivity index (χ0) is 12.0. The van der Waals surface area contributed by atoms with Crippen molar-refractivity contribution in [3.05, 3.63) is 29.0 Å². The number of ether oxygens (including phenoxy) is 2. The molecule has 1 aromatic carbocycles. The summed E-state index contributed by atoms with van der Waals surface area (Å²) in [5, 5.41) is 2.62. The van der Waals surface area contributed by atoms with Crippen LogP contribution in [0.15, 0.2) is 18.2 Å². The highest BCUT2D eigenvalue weighted by Crippen LogP contribution is 2.24. The van der Waals surface area contributed by atoms with Crippen LogP contribution in [0.2, 0.25) is 5.02 Å². The van der Waals surface area contributed by atoms with E-state index in [2.05, 4.69) is 10.1 Å². The van der Waals surface area contributed by atoms with Gasteiger partial charge in [0.15, 0.2) is 0 Å². The van der Waals surface area contributed by atoms with Crippen LogP contribution < -0.4 is 10.1 Å². The van der Waals surface area contributed by atoms with Crippen molar-refractivity contribution in [3.63, 3.8) is 0 Å². The van der Waals surface area contributed by atoms with Crippen LogP contribution >= 0.6 is 11.6 Å². The summed E-state index contributed by atoms with van der Waals surface area (Å²) in [5.74, 6) is -0.0558. The molecule has 1 amide bonds. The van der Waals surface area contributed by atoms with Gasteiger partial charge in [-0.15, -0.1) is 0 Å². The van der Waals surface area contributed by atoms with E-state index < -0.39 is 11.9 Å². The second kappa shape index (κ2) is 6.17. The molecule has 16 heavy (non-hydrogen) atoms. The number of hydrogen-bond acceptors (Lipinski definition) is 3. The molecule has 1 rings (SSSR count). The van der Waals surface area contributed by atoms with Gasteiger partial charge in [0.05, 0.1) is 18.7 Å². The lowest BCUT2D eigenvalue weighted by Crippen LogP contribution is -2.27. The molecule has 88 valence electrons. The van der Waals surface area contributed by atoms with Gasteiger partial charge in [-0.1, -0.05) is 11.6 Å². The van der Waals surface area contributed by atoms with E-state index in [1.54, 1.807) is 0 Å². The number of carbonyl (C=O) groups excluding carboxylic acids is 1. The van der Waals surface area contributed by atoms with Gasteiger partial charge in [-0.25, -0.2) is 9.18 Å². The van der Waals surface area contributed by atoms with Crippen molar-refractivity contribution in [1.82, 2.24) is 5.32 Å². The summed E-state index contributed by atoms with van der Waals surface area (Å²) in [6.45, 7) is 0.501. The average Bonchev–Trinajstić information content (AvgIpc) is 2.26. The van der Waals surface area contributed by atoms with Crippen molar-refractivity contribution in [2.75, 3.05) is 20.3 Å². The highest BCUT2D eigenvalue weighted by atomic mass is 35.5. The van der Waals surface area contributed by atoms with Crippen LogP contribution in [0.1, 0.15) is 0 Å². The molecule has 4 nitrogen and oxygen atoms in total. The monoisotopic (exact) mass is 247 g/mol. The minimum Gasteiger partial charge on any atom is -0.490 e. The van der Waals surface area contributed by atoms with Gasteiger partial charge >= 0.3 is 6.09 Å². The highest BCUT2D eigenvalue weighted by molar-refractivity contribution is 6.32. The average molecular weight is 248 g/mol. The molecule has 1 N–H and O–H groups in total. The van der Waals surface area contributed by atoms with Crippen molar-refractivity contribution < 1.29 is 18.7 Å². The summed E-state index contributed by atoms with van der Waals surface area (Å²) in [7, 11) is 1.27. The van der Waals surface area contributed by atoms with Crippen molar-refractivity contribution in [3.8, 4) is 5.75 Å². The first-order valence-electron chi connectivity index (χ1n) is 4.53. The second-order valence-corrected chi connectivity index (χ2v) is 3.25. The van der Waals surface area contributed by atoms with Crippen molar-refractivity contribution in [1.29, 1.82) is 0 Å². The number of alkyl carbamates (subject to hydrolysis) is 1. The Morgan fingerprint density at radius 2 is 2.31 bits per heavy atom. The van der Waals surface area contributed by atoms with Gasteiger partial charge in [-0.2, -0.15) is 0 Å². The van der Waals surface area contributed by atoms with Crippen molar-refractivity contribution in [2.45, 2.75) is 0 Å². The molecule has 0 atom stereocenters. The van der Waals surface area contributed by atoms with E-state index in [9.17, 15) is 9.18 Å². The molecule has 0 aliphatic rings. The third-order valence-electron chi connectivity index (χ3n) is 1.71. The fourth-order valence-corrected chi connectivity index (χ4v) is 1.20. The van der Waals surface area contributed by atoms with Crippen molar-refractivity contribution >= 4 is 17.7 Å². The van der Waals surface area contributed by atoms with Gasteiger partial charge in [-0.05, 0) is 18.2 Å². The summed E-state index contributed by atoms with van der Waals surface area (Å²) >= 11 is 5.72. The third kappa shape index (κ3) is 3.94. The van der Waals surface area contributed by atoms with Gasteiger partial charge in [0, 0.05) is 0 Å². The molecule has 0 heterocycles. The number of halogens is 2. The van der Waals surface area contributed by atoms with Gasteiger partial charge in [0.25, 0.3) is 0 Å². The summed E-state index contributed by atoms with van der Waals surface area (Å²) in [6, 6.07) is 3.83. The highest BCUT2D eigenvalue weighted by Gasteiger charge is 2.03. The maximum Gasteiger partial charge on any atom is 0.406 e. The standard InChI is InChI=1S/C10H11ClFNO3/c1-15-10(14)13-4-5-16-9-3-2-7(12)6-8(9)11/h2-3,6H,4-5H2,1H3,(H,13,14). The first-order chi connectivity index (χ1) is 7.63. The Bertz CT molecular complexity index is 373. The number of nitrogens with one attached hydrogen (secondary N) is 1. The molecule has 1 aromatic rings. The van der Waals surface area contributed by atoms with Crippen LogP contribution in [-0.2, 0) is 4.74 Å². The molecular weight excluding hydrogens is 237 g/mol. The van der Waals surface area contributed by atoms with E-state index in [0.29, 0.717) is 5.75 Å². The SMILES string of the molecule is COC(=O)NCCOc1ccc(F)cc1Cl. The Kier molecular flexibility index (Phi) is 4.85. The lowest BCUT2D eigenvalue weighted by Gasteiger charge is -2.08. The van der Waals surface area contributed by atoms with E-state index in [-0.39, 0.29) is 18.2 Å². The Hall–Kier alpha value is -1.49. The van der Waals surface area contributed by atoms with E-state index in [1.807, 2.05) is 0 Å². The molecule has 0 spiro atoms. The molecule has 0 saturated carbocycles. The zero-order valence-corrected chi connectivity index (χ0v) is 9.38. The maximum atomic E-state index is 12.7. The second-order valence-electron chi connectivity index (χ2n) is 2.84. The first kappa shape index (κ1) is 12.6. The molecule has 0 saturated heterocycles. The predicted molar refractivity (Wildman–Crippen MR) is 57.3 cm³/mol. The molecule has 0 aliphatic carbocycles. The van der Waals surface area contributed by atoms with Crippen LogP contribution in [0.4, 0.5) is 9.18 Å². The molecule has 6 heteroatoms. The topological polar surface area (TPSA) is 47.6 Å². The Morgan fingerprint density at radius 3 is 2.94 bits per heavy atom. The smallest absolute Gasteiger partial charge is 0.406 e. The van der Waals surface area contributed by atoms with Gasteiger partial charge in [0.1, 0.15) is 18.2 Å². The number of amides is 1. The van der Waals surface area contributed by atoms with E-state index in [0.717, 1.165) is 6.07 Å². The first-order valence-corrected chi connectivity index (χ1v) is 4.91. The van der Waals surface area contributed by atoms with Crippen LogP contribution in [0, 0.1) is 5.82 Å². The summed E-state index contributed by atoms with van der Waals surface area (Å²) in [4.78, 5) is 10.7. The molecule has 0 aliphatic heterocycles. The normalized spacial score (nSPS) is 9.69. The number of rotatable bonds is 4. The lowest BCUT2D eigenvalue weighted by atomic mass is 10.3. The summed E-state index contributed by atoms with van der Waals surface area (Å²) in [6.07, 6.45) is -0.534. The van der Waals surface area contributed by atoms with Crippen LogP contribution in [0.5, 0.6) is 5.75 Å². The molecule has 0 radical (unpaired) electrons. The molecule has 0 fully saturated rings. The van der Waals surface area contributed by atoms with Crippen LogP contribution in [-0.4, -0.2) is 26.4 Å². The van der Waals surface area contributed by atoms with E-state index >= 15 is 0 Å². The fraction of sp³-hybridized carbons (Fsp3) is 0.300. The third-order valence-corrected chi connectivity index (χ3v) is 2.00. The van der Waals surface area contributed by atoms with Gasteiger partial charge < -0.3 is 14.8 Å². The van der Waals surface area contributed by atoms with Crippen LogP contribution in [0.3, 0.4) is 0 Å². The number of methoxy groups -OCH3 is 1. The van der Waals surface area contributed by atoms with Gasteiger partial charge in [-0.3, -0.25) is 0 Å². The predicted octanol–water partition coefficient (Wildman–Crippen LogP) is 2.21. The minimum atomic E-state index is -0.534. The largest absolute Gasteiger partial charge is 0.490 e. The summed E-state index contributed by atoms with van der Waals surface area (Å²) in [5.41, 5.74) is 0. The molecule has 0 aromatic heterocycles. The number of carbonyl (C=O) groups is 1. The molecule has 0 bridgehead atoms. The van der Waals surface area contributed by atoms with Crippen LogP contribution in [0.25, 0.3) is 0 Å². The molecular formula is C10H11ClFNO3. The Labute approximate surface area is 97.3 Å². The zero-order valence-electron chi connectivity index (χ0n) is 8.63. The van der Waals surface area contributed by atoms with E-state index in [4.69, 9.17) is 16.3 Å². The maximum absolute atomic E-state index is 12.7. The Balaban J connectivity index is 2.35. The summed E-state index contributed by atoms with van der Waals surface area (Å²) < 4.78 is 22.3. The van der Waals surface area contributed by atoms with Crippen molar-refractivity contribution in [2.24, 2.45) is 0 Å². The Morgan fingerprint density at radius 1 is 1.56 bits per heavy atom. The quantitative estimate of drug-likeness (QED) is 0.830.